The van der Waals surface area contributed by atoms with Gasteiger partial charge in [0, 0.05) is 12.0 Å². The lowest BCUT2D eigenvalue weighted by Gasteiger charge is -2.09. The molecule has 17 heavy (non-hydrogen) atoms. The van der Waals surface area contributed by atoms with Gasteiger partial charge in [0.15, 0.2) is 0 Å². The van der Waals surface area contributed by atoms with Crippen molar-refractivity contribution in [3.8, 4) is 0 Å². The summed E-state index contributed by atoms with van der Waals surface area (Å²) in [6.07, 6.45) is 7.20. The van der Waals surface area contributed by atoms with Crippen molar-refractivity contribution < 1.29 is 4.42 Å². The molecule has 0 aromatic carbocycles. The van der Waals surface area contributed by atoms with Crippen LogP contribution >= 0.6 is 0 Å². The van der Waals surface area contributed by atoms with Crippen LogP contribution in [0.3, 0.4) is 0 Å². The van der Waals surface area contributed by atoms with Gasteiger partial charge in [-0.15, -0.1) is 10.2 Å². The van der Waals surface area contributed by atoms with Crippen LogP contribution in [0.2, 0.25) is 0 Å². The SMILES string of the molecule is CCCC(CCC)c1nnc(CNC2CC2)o1. The number of hydrogen-bond acceptors (Lipinski definition) is 4. The summed E-state index contributed by atoms with van der Waals surface area (Å²) in [5, 5.41) is 11.7. The monoisotopic (exact) mass is 237 g/mol. The molecule has 1 N–H and O–H groups in total. The lowest BCUT2D eigenvalue weighted by molar-refractivity contribution is 0.380. The van der Waals surface area contributed by atoms with E-state index < -0.39 is 0 Å². The predicted octanol–water partition coefficient (Wildman–Crippen LogP) is 3.01. The quantitative estimate of drug-likeness (QED) is 0.755. The molecule has 1 aromatic rings. The molecule has 0 aliphatic heterocycles. The van der Waals surface area contributed by atoms with E-state index in [1.165, 1.54) is 25.7 Å². The molecule has 0 spiro atoms. The van der Waals surface area contributed by atoms with Crippen molar-refractivity contribution in [3.63, 3.8) is 0 Å². The van der Waals surface area contributed by atoms with Crippen LogP contribution in [0.25, 0.3) is 0 Å². The zero-order chi connectivity index (χ0) is 12.1. The standard InChI is InChI=1S/C13H23N3O/c1-3-5-10(6-4-2)13-16-15-12(17-13)9-14-11-7-8-11/h10-11,14H,3-9H2,1-2H3. The van der Waals surface area contributed by atoms with Crippen molar-refractivity contribution in [2.75, 3.05) is 0 Å². The molecule has 1 aliphatic rings. The fourth-order valence-corrected chi connectivity index (χ4v) is 2.11. The number of nitrogens with zero attached hydrogens (tertiary/aromatic N) is 2. The fraction of sp³-hybridized carbons (Fsp3) is 0.846. The number of hydrogen-bond donors (Lipinski definition) is 1. The van der Waals surface area contributed by atoms with Gasteiger partial charge in [0.25, 0.3) is 0 Å². The smallest absolute Gasteiger partial charge is 0.230 e. The van der Waals surface area contributed by atoms with Crippen molar-refractivity contribution in [1.82, 2.24) is 15.5 Å². The van der Waals surface area contributed by atoms with Crippen LogP contribution < -0.4 is 5.32 Å². The Hall–Kier alpha value is -0.900. The van der Waals surface area contributed by atoms with E-state index in [-0.39, 0.29) is 0 Å². The Morgan fingerprint density at radius 2 is 1.94 bits per heavy atom. The van der Waals surface area contributed by atoms with Crippen LogP contribution in [-0.2, 0) is 6.54 Å². The summed E-state index contributed by atoms with van der Waals surface area (Å²) in [5.74, 6) is 2.03. The van der Waals surface area contributed by atoms with E-state index in [2.05, 4.69) is 29.4 Å². The third-order valence-corrected chi connectivity index (χ3v) is 3.23. The summed E-state index contributed by atoms with van der Waals surface area (Å²) in [4.78, 5) is 0. The maximum absolute atomic E-state index is 5.74. The minimum absolute atomic E-state index is 0.451. The van der Waals surface area contributed by atoms with Gasteiger partial charge in [0.2, 0.25) is 11.8 Å². The first-order chi connectivity index (χ1) is 8.33. The first kappa shape index (κ1) is 12.6. The van der Waals surface area contributed by atoms with E-state index in [1.54, 1.807) is 0 Å². The molecule has 2 rings (SSSR count). The maximum atomic E-state index is 5.74. The Kier molecular flexibility index (Phi) is 4.54. The van der Waals surface area contributed by atoms with E-state index in [9.17, 15) is 0 Å². The topological polar surface area (TPSA) is 51.0 Å². The van der Waals surface area contributed by atoms with Crippen molar-refractivity contribution in [3.05, 3.63) is 11.8 Å². The zero-order valence-electron chi connectivity index (χ0n) is 10.9. The second-order valence-corrected chi connectivity index (χ2v) is 4.96. The van der Waals surface area contributed by atoms with Gasteiger partial charge in [-0.05, 0) is 25.7 Å². The van der Waals surface area contributed by atoms with Crippen molar-refractivity contribution in [2.24, 2.45) is 0 Å². The largest absolute Gasteiger partial charge is 0.424 e. The second kappa shape index (κ2) is 6.15. The Balaban J connectivity index is 1.88. The average Bonchev–Trinajstić information content (AvgIpc) is 3.04. The highest BCUT2D eigenvalue weighted by Crippen LogP contribution is 2.25. The molecule has 0 saturated heterocycles. The molecule has 1 heterocycles. The van der Waals surface area contributed by atoms with Crippen LogP contribution in [-0.4, -0.2) is 16.2 Å². The van der Waals surface area contributed by atoms with Gasteiger partial charge in [-0.1, -0.05) is 26.7 Å². The molecule has 4 heteroatoms. The maximum Gasteiger partial charge on any atom is 0.230 e. The summed E-state index contributed by atoms with van der Waals surface area (Å²) < 4.78 is 5.74. The molecule has 0 radical (unpaired) electrons. The Morgan fingerprint density at radius 3 is 2.53 bits per heavy atom. The first-order valence-corrected chi connectivity index (χ1v) is 6.89. The van der Waals surface area contributed by atoms with E-state index in [0.717, 1.165) is 31.2 Å². The fourth-order valence-electron chi connectivity index (χ4n) is 2.11. The summed E-state index contributed by atoms with van der Waals surface area (Å²) in [7, 11) is 0. The van der Waals surface area contributed by atoms with Gasteiger partial charge in [0.1, 0.15) is 0 Å². The molecule has 0 unspecified atom stereocenters. The van der Waals surface area contributed by atoms with Gasteiger partial charge in [-0.3, -0.25) is 0 Å². The van der Waals surface area contributed by atoms with Crippen LogP contribution in [0.5, 0.6) is 0 Å². The highest BCUT2D eigenvalue weighted by atomic mass is 16.4. The summed E-state index contributed by atoms with van der Waals surface area (Å²) in [6.45, 7) is 5.13. The summed E-state index contributed by atoms with van der Waals surface area (Å²) in [6, 6.07) is 0.687. The third kappa shape index (κ3) is 3.80. The van der Waals surface area contributed by atoms with Gasteiger partial charge >= 0.3 is 0 Å². The van der Waals surface area contributed by atoms with E-state index in [0.29, 0.717) is 12.0 Å². The molecule has 1 aromatic heterocycles. The predicted molar refractivity (Wildman–Crippen MR) is 66.7 cm³/mol. The highest BCUT2D eigenvalue weighted by Gasteiger charge is 2.22. The molecule has 4 nitrogen and oxygen atoms in total. The number of nitrogens with one attached hydrogen (secondary N) is 1. The van der Waals surface area contributed by atoms with Gasteiger partial charge < -0.3 is 9.73 Å². The molecule has 0 amide bonds. The first-order valence-electron chi connectivity index (χ1n) is 6.89. The Morgan fingerprint density at radius 1 is 1.24 bits per heavy atom. The summed E-state index contributed by atoms with van der Waals surface area (Å²) >= 11 is 0. The summed E-state index contributed by atoms with van der Waals surface area (Å²) in [5.41, 5.74) is 0. The van der Waals surface area contributed by atoms with E-state index >= 15 is 0 Å². The van der Waals surface area contributed by atoms with Crippen LogP contribution in [0.1, 0.15) is 70.1 Å². The lowest BCUT2D eigenvalue weighted by Crippen LogP contribution is -2.15. The number of aromatic nitrogens is 2. The van der Waals surface area contributed by atoms with Gasteiger partial charge in [-0.25, -0.2) is 0 Å². The number of rotatable bonds is 8. The highest BCUT2D eigenvalue weighted by molar-refractivity contribution is 4.92. The Bertz CT molecular complexity index is 327. The van der Waals surface area contributed by atoms with Crippen LogP contribution in [0.15, 0.2) is 4.42 Å². The van der Waals surface area contributed by atoms with Gasteiger partial charge in [0.05, 0.1) is 6.54 Å². The normalized spacial score (nSPS) is 15.7. The molecule has 1 saturated carbocycles. The van der Waals surface area contributed by atoms with Crippen LogP contribution in [0, 0.1) is 0 Å². The van der Waals surface area contributed by atoms with Gasteiger partial charge in [-0.2, -0.15) is 0 Å². The third-order valence-electron chi connectivity index (χ3n) is 3.23. The molecular formula is C13H23N3O. The van der Waals surface area contributed by atoms with Crippen molar-refractivity contribution in [2.45, 2.75) is 70.9 Å². The van der Waals surface area contributed by atoms with Crippen molar-refractivity contribution >= 4 is 0 Å². The molecule has 1 aliphatic carbocycles. The zero-order valence-corrected chi connectivity index (χ0v) is 10.9. The second-order valence-electron chi connectivity index (χ2n) is 4.96. The molecule has 96 valence electrons. The Labute approximate surface area is 103 Å². The van der Waals surface area contributed by atoms with E-state index in [1.807, 2.05) is 0 Å². The minimum Gasteiger partial charge on any atom is -0.424 e. The molecule has 0 atom stereocenters. The molecule has 0 bridgehead atoms. The molecule has 1 fully saturated rings. The lowest BCUT2D eigenvalue weighted by atomic mass is 9.98. The van der Waals surface area contributed by atoms with E-state index in [4.69, 9.17) is 4.42 Å². The molecular weight excluding hydrogens is 214 g/mol. The van der Waals surface area contributed by atoms with Crippen LogP contribution in [0.4, 0.5) is 0 Å². The average molecular weight is 237 g/mol. The minimum atomic E-state index is 0.451. The van der Waals surface area contributed by atoms with Crippen molar-refractivity contribution in [1.29, 1.82) is 0 Å².